The molecule has 0 fully saturated rings. The minimum atomic E-state index is 0.505. The van der Waals surface area contributed by atoms with E-state index < -0.39 is 0 Å². The summed E-state index contributed by atoms with van der Waals surface area (Å²) in [5, 5.41) is 7.92. The Labute approximate surface area is 86.7 Å². The number of nitrogens with one attached hydrogen (secondary N) is 1. The Hall–Kier alpha value is -1.88. The van der Waals surface area contributed by atoms with Crippen LogP contribution in [0.5, 0.6) is 5.88 Å². The quantitative estimate of drug-likeness (QED) is 0.722. The molecule has 0 aliphatic carbocycles. The number of hydrogen-bond acceptors (Lipinski definition) is 4. The van der Waals surface area contributed by atoms with Crippen molar-refractivity contribution in [3.8, 4) is 5.88 Å². The second-order valence-electron chi connectivity index (χ2n) is 2.63. The predicted molar refractivity (Wildman–Crippen MR) is 56.2 cm³/mol. The van der Waals surface area contributed by atoms with Crippen molar-refractivity contribution in [2.45, 2.75) is 0 Å². The molecule has 0 saturated carbocycles. The number of nitrogens with zero attached hydrogens (tertiary/aromatic N) is 1. The first-order valence-corrected chi connectivity index (χ1v) is 4.27. The van der Waals surface area contributed by atoms with Crippen molar-refractivity contribution in [1.29, 1.82) is 0 Å². The molecule has 80 valence electrons. The SMILES string of the molecule is CO.COc1nccc2cc(C=O)[nH]c12. The first-order valence-electron chi connectivity index (χ1n) is 4.27. The van der Waals surface area contributed by atoms with Crippen molar-refractivity contribution in [2.24, 2.45) is 0 Å². The second kappa shape index (κ2) is 5.11. The number of methoxy groups -OCH3 is 1. The Morgan fingerprint density at radius 3 is 2.87 bits per heavy atom. The fraction of sp³-hybridized carbons (Fsp3) is 0.200. The molecular formula is C10H12N2O3. The van der Waals surface area contributed by atoms with E-state index in [0.717, 1.165) is 24.3 Å². The highest BCUT2D eigenvalue weighted by Crippen LogP contribution is 2.21. The standard InChI is InChI=1S/C9H8N2O2.CH4O/c1-13-9-8-6(2-3-10-9)4-7(5-12)11-8;1-2/h2-5,11H,1H3;2H,1H3. The van der Waals surface area contributed by atoms with Gasteiger partial charge in [0.1, 0.15) is 5.52 Å². The minimum absolute atomic E-state index is 0.505. The fourth-order valence-electron chi connectivity index (χ4n) is 1.27. The van der Waals surface area contributed by atoms with Crippen LogP contribution >= 0.6 is 0 Å². The number of aldehydes is 1. The Morgan fingerprint density at radius 2 is 2.27 bits per heavy atom. The summed E-state index contributed by atoms with van der Waals surface area (Å²) in [6, 6.07) is 3.58. The number of aliphatic hydroxyl groups excluding tert-OH is 1. The summed E-state index contributed by atoms with van der Waals surface area (Å²) in [4.78, 5) is 17.4. The van der Waals surface area contributed by atoms with E-state index in [2.05, 4.69) is 9.97 Å². The summed E-state index contributed by atoms with van der Waals surface area (Å²) in [6.45, 7) is 0. The van der Waals surface area contributed by atoms with E-state index in [1.807, 2.05) is 6.07 Å². The fourth-order valence-corrected chi connectivity index (χ4v) is 1.27. The average Bonchev–Trinajstić information content (AvgIpc) is 2.74. The molecule has 0 spiro atoms. The van der Waals surface area contributed by atoms with Crippen LogP contribution in [0.25, 0.3) is 10.9 Å². The Kier molecular flexibility index (Phi) is 3.82. The number of aliphatic hydroxyl groups is 1. The molecule has 0 aromatic carbocycles. The highest BCUT2D eigenvalue weighted by molar-refractivity contribution is 5.90. The third-order valence-electron chi connectivity index (χ3n) is 1.85. The molecule has 0 amide bonds. The number of carbonyl (C=O) groups excluding carboxylic acids is 1. The Bertz CT molecular complexity index is 451. The molecule has 0 saturated heterocycles. The molecule has 0 aliphatic heterocycles. The number of rotatable bonds is 2. The molecule has 0 unspecified atom stereocenters. The van der Waals surface area contributed by atoms with Crippen LogP contribution in [0.3, 0.4) is 0 Å². The first-order chi connectivity index (χ1) is 7.35. The molecule has 0 atom stereocenters. The van der Waals surface area contributed by atoms with Crippen molar-refractivity contribution in [3.63, 3.8) is 0 Å². The van der Waals surface area contributed by atoms with Gasteiger partial charge in [0.25, 0.3) is 0 Å². The van der Waals surface area contributed by atoms with Crippen LogP contribution in [0.15, 0.2) is 18.3 Å². The summed E-state index contributed by atoms with van der Waals surface area (Å²) in [6.07, 6.45) is 2.41. The third kappa shape index (κ3) is 2.13. The number of hydrogen-bond donors (Lipinski definition) is 2. The maximum Gasteiger partial charge on any atom is 0.238 e. The molecular weight excluding hydrogens is 196 g/mol. The van der Waals surface area contributed by atoms with Gasteiger partial charge in [-0.15, -0.1) is 0 Å². The number of H-pyrrole nitrogens is 1. The molecule has 2 heterocycles. The number of ether oxygens (including phenoxy) is 1. The summed E-state index contributed by atoms with van der Waals surface area (Å²) in [5.41, 5.74) is 1.29. The molecule has 2 aromatic heterocycles. The number of carbonyl (C=O) groups is 1. The topological polar surface area (TPSA) is 75.2 Å². The molecule has 2 rings (SSSR count). The van der Waals surface area contributed by atoms with E-state index in [0.29, 0.717) is 11.6 Å². The highest BCUT2D eigenvalue weighted by atomic mass is 16.5. The monoisotopic (exact) mass is 208 g/mol. The molecule has 0 radical (unpaired) electrons. The van der Waals surface area contributed by atoms with Gasteiger partial charge in [-0.05, 0) is 12.1 Å². The van der Waals surface area contributed by atoms with Gasteiger partial charge in [0, 0.05) is 18.7 Å². The van der Waals surface area contributed by atoms with Crippen LogP contribution in [0.2, 0.25) is 0 Å². The third-order valence-corrected chi connectivity index (χ3v) is 1.85. The second-order valence-corrected chi connectivity index (χ2v) is 2.63. The lowest BCUT2D eigenvalue weighted by Gasteiger charge is -1.97. The zero-order valence-electron chi connectivity index (χ0n) is 8.52. The van der Waals surface area contributed by atoms with Crippen LogP contribution in [0.4, 0.5) is 0 Å². The number of aromatic nitrogens is 2. The van der Waals surface area contributed by atoms with Gasteiger partial charge >= 0.3 is 0 Å². The van der Waals surface area contributed by atoms with E-state index >= 15 is 0 Å². The van der Waals surface area contributed by atoms with Gasteiger partial charge < -0.3 is 14.8 Å². The van der Waals surface area contributed by atoms with E-state index in [1.165, 1.54) is 0 Å². The van der Waals surface area contributed by atoms with Gasteiger partial charge in [0.05, 0.1) is 12.8 Å². The van der Waals surface area contributed by atoms with Gasteiger partial charge in [0.15, 0.2) is 6.29 Å². The maximum absolute atomic E-state index is 10.5. The van der Waals surface area contributed by atoms with Crippen molar-refractivity contribution < 1.29 is 14.6 Å². The van der Waals surface area contributed by atoms with Crippen LogP contribution in [-0.2, 0) is 0 Å². The lowest BCUT2D eigenvalue weighted by Crippen LogP contribution is -1.87. The molecule has 5 heteroatoms. The Balaban J connectivity index is 0.000000531. The zero-order valence-corrected chi connectivity index (χ0v) is 8.52. The van der Waals surface area contributed by atoms with Crippen LogP contribution in [0, 0.1) is 0 Å². The molecule has 0 bridgehead atoms. The lowest BCUT2D eigenvalue weighted by atomic mass is 10.3. The molecule has 2 aromatic rings. The highest BCUT2D eigenvalue weighted by Gasteiger charge is 2.05. The van der Waals surface area contributed by atoms with Gasteiger partial charge in [-0.3, -0.25) is 4.79 Å². The van der Waals surface area contributed by atoms with E-state index in [-0.39, 0.29) is 0 Å². The number of aromatic amines is 1. The van der Waals surface area contributed by atoms with Crippen molar-refractivity contribution in [3.05, 3.63) is 24.0 Å². The lowest BCUT2D eigenvalue weighted by molar-refractivity contribution is 0.112. The van der Waals surface area contributed by atoms with Gasteiger partial charge in [0.2, 0.25) is 5.88 Å². The van der Waals surface area contributed by atoms with Gasteiger partial charge in [-0.1, -0.05) is 0 Å². The Morgan fingerprint density at radius 1 is 1.53 bits per heavy atom. The summed E-state index contributed by atoms with van der Waals surface area (Å²) in [7, 11) is 2.54. The summed E-state index contributed by atoms with van der Waals surface area (Å²) in [5.74, 6) is 0.505. The summed E-state index contributed by atoms with van der Waals surface area (Å²) < 4.78 is 5.03. The van der Waals surface area contributed by atoms with Crippen LogP contribution in [0.1, 0.15) is 10.5 Å². The largest absolute Gasteiger partial charge is 0.479 e. The van der Waals surface area contributed by atoms with Crippen molar-refractivity contribution in [2.75, 3.05) is 14.2 Å². The van der Waals surface area contributed by atoms with Crippen LogP contribution in [-0.4, -0.2) is 35.6 Å². The minimum Gasteiger partial charge on any atom is -0.479 e. The van der Waals surface area contributed by atoms with Crippen molar-refractivity contribution in [1.82, 2.24) is 9.97 Å². The number of pyridine rings is 1. The predicted octanol–water partition coefficient (Wildman–Crippen LogP) is 0.992. The zero-order chi connectivity index (χ0) is 11.3. The van der Waals surface area contributed by atoms with Gasteiger partial charge in [-0.2, -0.15) is 0 Å². The number of fused-ring (bicyclic) bond motifs is 1. The molecule has 0 aliphatic rings. The van der Waals surface area contributed by atoms with E-state index in [9.17, 15) is 4.79 Å². The van der Waals surface area contributed by atoms with Gasteiger partial charge in [-0.25, -0.2) is 4.98 Å². The van der Waals surface area contributed by atoms with Crippen LogP contribution < -0.4 is 4.74 Å². The maximum atomic E-state index is 10.5. The molecule has 15 heavy (non-hydrogen) atoms. The normalized spacial score (nSPS) is 9.27. The van der Waals surface area contributed by atoms with E-state index in [1.54, 1.807) is 19.4 Å². The smallest absolute Gasteiger partial charge is 0.238 e. The summed E-state index contributed by atoms with van der Waals surface area (Å²) >= 11 is 0. The van der Waals surface area contributed by atoms with Crippen molar-refractivity contribution >= 4 is 17.2 Å². The molecule has 5 nitrogen and oxygen atoms in total. The molecule has 2 N–H and O–H groups in total. The van der Waals surface area contributed by atoms with E-state index in [4.69, 9.17) is 9.84 Å². The first kappa shape index (κ1) is 11.2. The average molecular weight is 208 g/mol.